The van der Waals surface area contributed by atoms with Crippen LogP contribution in [0.3, 0.4) is 0 Å². The summed E-state index contributed by atoms with van der Waals surface area (Å²) in [6, 6.07) is 3.84. The third kappa shape index (κ3) is 5.13. The summed E-state index contributed by atoms with van der Waals surface area (Å²) in [4.78, 5) is 25.4. The third-order valence-electron chi connectivity index (χ3n) is 5.53. The van der Waals surface area contributed by atoms with Crippen molar-refractivity contribution in [1.29, 1.82) is 0 Å². The predicted molar refractivity (Wildman–Crippen MR) is 115 cm³/mol. The second kappa shape index (κ2) is 9.07. The quantitative estimate of drug-likeness (QED) is 0.458. The van der Waals surface area contributed by atoms with Gasteiger partial charge < -0.3 is 21.3 Å². The minimum absolute atomic E-state index is 0.210. The van der Waals surface area contributed by atoms with Crippen molar-refractivity contribution >= 4 is 29.2 Å². The minimum atomic E-state index is 0.210. The molecule has 0 aromatic carbocycles. The molecule has 0 spiro atoms. The Morgan fingerprint density at radius 3 is 2.62 bits per heavy atom. The molecule has 2 aromatic rings. The van der Waals surface area contributed by atoms with E-state index in [4.69, 9.17) is 4.98 Å². The summed E-state index contributed by atoms with van der Waals surface area (Å²) < 4.78 is 0. The molecule has 0 bridgehead atoms. The topological polar surface area (TPSA) is 104 Å². The highest BCUT2D eigenvalue weighted by Crippen LogP contribution is 2.42. The summed E-state index contributed by atoms with van der Waals surface area (Å²) >= 11 is 0. The second-order valence-corrected chi connectivity index (χ2v) is 7.78. The first-order chi connectivity index (χ1) is 14.2. The summed E-state index contributed by atoms with van der Waals surface area (Å²) in [6.07, 6.45) is 10.2. The van der Waals surface area contributed by atoms with Crippen LogP contribution in [0.25, 0.3) is 0 Å². The first-order valence-corrected chi connectivity index (χ1v) is 10.5. The first kappa shape index (κ1) is 19.4. The Bertz CT molecular complexity index is 831. The number of nitrogens with zero attached hydrogens (tertiary/aromatic N) is 3. The van der Waals surface area contributed by atoms with Gasteiger partial charge in [0.2, 0.25) is 11.9 Å². The molecule has 2 aliphatic rings. The molecule has 8 heteroatoms. The Morgan fingerprint density at radius 2 is 1.97 bits per heavy atom. The van der Waals surface area contributed by atoms with Crippen LogP contribution in [0, 0.1) is 5.92 Å². The van der Waals surface area contributed by atoms with E-state index >= 15 is 0 Å². The lowest BCUT2D eigenvalue weighted by Crippen LogP contribution is -2.35. The van der Waals surface area contributed by atoms with Crippen molar-refractivity contribution < 1.29 is 4.79 Å². The summed E-state index contributed by atoms with van der Waals surface area (Å²) in [6.45, 7) is 1.46. The van der Waals surface area contributed by atoms with Crippen LogP contribution in [0.15, 0.2) is 24.5 Å². The maximum absolute atomic E-state index is 11.9. The Hall–Kier alpha value is -2.90. The highest BCUT2D eigenvalue weighted by atomic mass is 16.1. The van der Waals surface area contributed by atoms with E-state index < -0.39 is 0 Å². The van der Waals surface area contributed by atoms with E-state index in [2.05, 4.69) is 31.2 Å². The van der Waals surface area contributed by atoms with Gasteiger partial charge in [0.1, 0.15) is 11.6 Å². The summed E-state index contributed by atoms with van der Waals surface area (Å²) in [5, 5.41) is 12.7. The average molecular weight is 396 g/mol. The summed E-state index contributed by atoms with van der Waals surface area (Å²) in [5.41, 5.74) is 2.02. The largest absolute Gasteiger partial charge is 0.373 e. The number of hydrogen-bond acceptors (Lipinski definition) is 7. The average Bonchev–Trinajstić information content (AvgIpc) is 3.52. The van der Waals surface area contributed by atoms with E-state index in [9.17, 15) is 4.79 Å². The molecule has 154 valence electrons. The lowest BCUT2D eigenvalue weighted by Gasteiger charge is -2.24. The lowest BCUT2D eigenvalue weighted by atomic mass is 9.85. The Balaban J connectivity index is 1.32. The van der Waals surface area contributed by atoms with Crippen molar-refractivity contribution in [3.8, 4) is 0 Å². The zero-order valence-electron chi connectivity index (χ0n) is 16.9. The van der Waals surface area contributed by atoms with Crippen molar-refractivity contribution in [3.05, 3.63) is 30.1 Å². The number of pyridine rings is 1. The number of nitrogens with one attached hydrogen (secondary N) is 4. The monoisotopic (exact) mass is 395 g/mol. The van der Waals surface area contributed by atoms with Crippen LogP contribution >= 0.6 is 0 Å². The summed E-state index contributed by atoms with van der Waals surface area (Å²) in [5.74, 6) is 3.26. The fourth-order valence-electron chi connectivity index (χ4n) is 3.35. The van der Waals surface area contributed by atoms with Crippen molar-refractivity contribution in [2.24, 2.45) is 5.92 Å². The Labute approximate surface area is 171 Å². The highest BCUT2D eigenvalue weighted by molar-refractivity contribution is 5.79. The van der Waals surface area contributed by atoms with Gasteiger partial charge in [-0.05, 0) is 50.2 Å². The minimum Gasteiger partial charge on any atom is -0.373 e. The smallest absolute Gasteiger partial charge is 0.229 e. The van der Waals surface area contributed by atoms with Gasteiger partial charge in [-0.1, -0.05) is 6.42 Å². The Kier molecular flexibility index (Phi) is 6.07. The SMILES string of the molecule is CNc1ccc(Nc2ncc(C3CC3)c(NCCCNC(=O)C3CCC3)n2)cn1. The lowest BCUT2D eigenvalue weighted by molar-refractivity contribution is -0.127. The third-order valence-corrected chi connectivity index (χ3v) is 5.53. The number of carbonyl (C=O) groups is 1. The van der Waals surface area contributed by atoms with E-state index in [0.717, 1.165) is 43.1 Å². The molecular weight excluding hydrogens is 366 g/mol. The number of rotatable bonds is 10. The van der Waals surface area contributed by atoms with E-state index in [1.807, 2.05) is 25.4 Å². The van der Waals surface area contributed by atoms with Gasteiger partial charge in [0, 0.05) is 37.8 Å². The number of aromatic nitrogens is 3. The molecule has 2 saturated carbocycles. The van der Waals surface area contributed by atoms with Crippen LogP contribution < -0.4 is 21.3 Å². The highest BCUT2D eigenvalue weighted by Gasteiger charge is 2.28. The normalized spacial score (nSPS) is 16.0. The molecule has 0 unspecified atom stereocenters. The van der Waals surface area contributed by atoms with Gasteiger partial charge in [-0.25, -0.2) is 9.97 Å². The maximum atomic E-state index is 11.9. The summed E-state index contributed by atoms with van der Waals surface area (Å²) in [7, 11) is 1.84. The van der Waals surface area contributed by atoms with Crippen LogP contribution in [-0.4, -0.2) is 41.0 Å². The molecule has 1 amide bonds. The van der Waals surface area contributed by atoms with Crippen LogP contribution in [0.1, 0.15) is 50.0 Å². The van der Waals surface area contributed by atoms with Gasteiger partial charge in [0.25, 0.3) is 0 Å². The molecule has 4 N–H and O–H groups in total. The van der Waals surface area contributed by atoms with Gasteiger partial charge in [0.15, 0.2) is 0 Å². The van der Waals surface area contributed by atoms with Gasteiger partial charge >= 0.3 is 0 Å². The maximum Gasteiger partial charge on any atom is 0.229 e. The van der Waals surface area contributed by atoms with Crippen molar-refractivity contribution in [2.75, 3.05) is 36.1 Å². The molecule has 4 rings (SSSR count). The van der Waals surface area contributed by atoms with Gasteiger partial charge in [0.05, 0.1) is 11.9 Å². The van der Waals surface area contributed by atoms with E-state index in [-0.39, 0.29) is 11.8 Å². The molecule has 2 aromatic heterocycles. The second-order valence-electron chi connectivity index (χ2n) is 7.78. The van der Waals surface area contributed by atoms with Crippen LogP contribution in [0.5, 0.6) is 0 Å². The molecule has 0 radical (unpaired) electrons. The molecule has 8 nitrogen and oxygen atoms in total. The van der Waals surface area contributed by atoms with Crippen LogP contribution in [0.2, 0.25) is 0 Å². The number of hydrogen-bond donors (Lipinski definition) is 4. The number of carbonyl (C=O) groups excluding carboxylic acids is 1. The van der Waals surface area contributed by atoms with E-state index in [0.29, 0.717) is 18.4 Å². The molecule has 2 aliphatic carbocycles. The van der Waals surface area contributed by atoms with Gasteiger partial charge in [-0.15, -0.1) is 0 Å². The molecular formula is C21H29N7O. The first-order valence-electron chi connectivity index (χ1n) is 10.5. The van der Waals surface area contributed by atoms with E-state index in [1.165, 1.54) is 24.8 Å². The molecule has 0 aliphatic heterocycles. The van der Waals surface area contributed by atoms with Gasteiger partial charge in [-0.3, -0.25) is 4.79 Å². The van der Waals surface area contributed by atoms with E-state index in [1.54, 1.807) is 6.20 Å². The molecule has 2 fully saturated rings. The fraction of sp³-hybridized carbons (Fsp3) is 0.524. The van der Waals surface area contributed by atoms with Crippen molar-refractivity contribution in [2.45, 2.75) is 44.4 Å². The van der Waals surface area contributed by atoms with Crippen LogP contribution in [0.4, 0.5) is 23.3 Å². The Morgan fingerprint density at radius 1 is 1.10 bits per heavy atom. The van der Waals surface area contributed by atoms with Gasteiger partial charge in [-0.2, -0.15) is 4.98 Å². The number of anilines is 4. The van der Waals surface area contributed by atoms with Crippen molar-refractivity contribution in [1.82, 2.24) is 20.3 Å². The predicted octanol–water partition coefficient (Wildman–Crippen LogP) is 3.25. The molecule has 0 saturated heterocycles. The van der Waals surface area contributed by atoms with Crippen molar-refractivity contribution in [3.63, 3.8) is 0 Å². The number of amides is 1. The zero-order chi connectivity index (χ0) is 20.1. The molecule has 29 heavy (non-hydrogen) atoms. The molecule has 0 atom stereocenters. The standard InChI is InChI=1S/C21H29N7O/c1-22-18-9-8-16(12-25-18)27-21-26-13-17(14-6-7-14)19(28-21)23-10-3-11-24-20(29)15-4-2-5-15/h8-9,12-15H,2-7,10-11H2,1H3,(H,22,25)(H,24,29)(H2,23,26,27,28). The molecule has 2 heterocycles. The fourth-order valence-corrected chi connectivity index (χ4v) is 3.35. The van der Waals surface area contributed by atoms with Crippen LogP contribution in [-0.2, 0) is 4.79 Å². The zero-order valence-corrected chi connectivity index (χ0v) is 16.9.